The SMILES string of the molecule is C=NCc1ccc2c3c([nH]c2c1)C(C)(C)c1cc(OCCNC(=O)OC(C)(C)C)ccc1C3=O. The van der Waals surface area contributed by atoms with Gasteiger partial charge in [-0.1, -0.05) is 26.0 Å². The summed E-state index contributed by atoms with van der Waals surface area (Å²) in [6, 6.07) is 11.6. The highest BCUT2D eigenvalue weighted by molar-refractivity contribution is 6.20. The van der Waals surface area contributed by atoms with Gasteiger partial charge in [0, 0.05) is 27.6 Å². The lowest BCUT2D eigenvalue weighted by Gasteiger charge is -2.32. The van der Waals surface area contributed by atoms with Gasteiger partial charge in [-0.2, -0.15) is 0 Å². The van der Waals surface area contributed by atoms with Gasteiger partial charge >= 0.3 is 6.09 Å². The van der Waals surface area contributed by atoms with Crippen molar-refractivity contribution in [1.82, 2.24) is 10.3 Å². The molecule has 34 heavy (non-hydrogen) atoms. The number of hydrogen-bond acceptors (Lipinski definition) is 5. The summed E-state index contributed by atoms with van der Waals surface area (Å²) in [4.78, 5) is 32.7. The summed E-state index contributed by atoms with van der Waals surface area (Å²) in [7, 11) is 0. The monoisotopic (exact) mass is 461 g/mol. The third-order valence-corrected chi connectivity index (χ3v) is 5.96. The van der Waals surface area contributed by atoms with Crippen LogP contribution in [0.2, 0.25) is 0 Å². The first-order chi connectivity index (χ1) is 16.0. The average Bonchev–Trinajstić information content (AvgIpc) is 3.14. The number of carbonyl (C=O) groups is 2. The van der Waals surface area contributed by atoms with Gasteiger partial charge in [0.25, 0.3) is 0 Å². The fourth-order valence-electron chi connectivity index (χ4n) is 4.41. The molecule has 2 N–H and O–H groups in total. The number of aliphatic imine (C=N–C) groups is 1. The summed E-state index contributed by atoms with van der Waals surface area (Å²) in [5.74, 6) is 0.646. The Morgan fingerprint density at radius 2 is 1.94 bits per heavy atom. The molecular weight excluding hydrogens is 430 g/mol. The van der Waals surface area contributed by atoms with Gasteiger partial charge in [-0.25, -0.2) is 4.79 Å². The molecule has 0 atom stereocenters. The molecule has 1 aliphatic carbocycles. The fraction of sp³-hybridized carbons (Fsp3) is 0.370. The quantitative estimate of drug-likeness (QED) is 0.393. The van der Waals surface area contributed by atoms with Crippen LogP contribution >= 0.6 is 0 Å². The third kappa shape index (κ3) is 4.42. The van der Waals surface area contributed by atoms with Crippen molar-refractivity contribution < 1.29 is 19.1 Å². The number of ketones is 1. The standard InChI is InChI=1S/C27H31N3O4/c1-26(2,3)34-25(32)29-11-12-33-17-8-10-18-20(14-17)27(4,5)24-22(23(18)31)19-9-7-16(15-28-6)13-21(19)30-24/h7-10,13-14,30H,6,11-12,15H2,1-5H3,(H,29,32). The van der Waals surface area contributed by atoms with E-state index in [1.807, 2.05) is 51.1 Å². The molecule has 0 aliphatic heterocycles. The van der Waals surface area contributed by atoms with E-state index in [0.717, 1.165) is 33.3 Å². The van der Waals surface area contributed by atoms with Crippen LogP contribution in [-0.2, 0) is 16.7 Å². The Bertz CT molecular complexity index is 1280. The Morgan fingerprint density at radius 1 is 1.18 bits per heavy atom. The second-order valence-electron chi connectivity index (χ2n) is 10.1. The normalized spacial score (nSPS) is 14.3. The van der Waals surface area contributed by atoms with Crippen LogP contribution in [0.4, 0.5) is 4.79 Å². The minimum Gasteiger partial charge on any atom is -0.492 e. The number of nitrogens with one attached hydrogen (secondary N) is 2. The van der Waals surface area contributed by atoms with Gasteiger partial charge in [0.15, 0.2) is 5.78 Å². The van der Waals surface area contributed by atoms with Crippen LogP contribution < -0.4 is 10.1 Å². The predicted octanol–water partition coefficient (Wildman–Crippen LogP) is 5.14. The van der Waals surface area contributed by atoms with E-state index in [1.54, 1.807) is 6.07 Å². The molecule has 0 spiro atoms. The smallest absolute Gasteiger partial charge is 0.407 e. The van der Waals surface area contributed by atoms with Crippen LogP contribution in [0.5, 0.6) is 5.75 Å². The predicted molar refractivity (Wildman–Crippen MR) is 133 cm³/mol. The maximum Gasteiger partial charge on any atom is 0.407 e. The second kappa shape index (κ2) is 8.63. The van der Waals surface area contributed by atoms with Crippen molar-refractivity contribution in [3.63, 3.8) is 0 Å². The van der Waals surface area contributed by atoms with Crippen LogP contribution in [0.3, 0.4) is 0 Å². The van der Waals surface area contributed by atoms with Gasteiger partial charge in [0.05, 0.1) is 18.7 Å². The molecule has 4 rings (SSSR count). The zero-order valence-corrected chi connectivity index (χ0v) is 20.4. The number of benzene rings is 2. The highest BCUT2D eigenvalue weighted by Gasteiger charge is 2.39. The van der Waals surface area contributed by atoms with E-state index in [9.17, 15) is 9.59 Å². The maximum atomic E-state index is 13.5. The number of nitrogens with zero attached hydrogens (tertiary/aromatic N) is 1. The van der Waals surface area contributed by atoms with Crippen LogP contribution in [0, 0.1) is 0 Å². The number of amides is 1. The zero-order valence-electron chi connectivity index (χ0n) is 20.4. The number of hydrogen-bond donors (Lipinski definition) is 2. The highest BCUT2D eigenvalue weighted by Crippen LogP contribution is 2.44. The van der Waals surface area contributed by atoms with Crippen LogP contribution in [0.1, 0.15) is 67.4 Å². The Balaban J connectivity index is 1.56. The summed E-state index contributed by atoms with van der Waals surface area (Å²) in [5, 5.41) is 3.60. The van der Waals surface area contributed by atoms with Gasteiger partial charge in [-0.3, -0.25) is 9.79 Å². The Labute approximate surface area is 199 Å². The summed E-state index contributed by atoms with van der Waals surface area (Å²) in [6.45, 7) is 14.3. The largest absolute Gasteiger partial charge is 0.492 e. The van der Waals surface area contributed by atoms with E-state index in [1.165, 1.54) is 0 Å². The van der Waals surface area contributed by atoms with E-state index in [4.69, 9.17) is 9.47 Å². The van der Waals surface area contributed by atoms with Crippen molar-refractivity contribution in [2.45, 2.75) is 52.2 Å². The van der Waals surface area contributed by atoms with Gasteiger partial charge in [-0.05, 0) is 62.9 Å². The second-order valence-corrected chi connectivity index (χ2v) is 10.1. The van der Waals surface area contributed by atoms with Crippen molar-refractivity contribution in [1.29, 1.82) is 0 Å². The molecule has 178 valence electrons. The number of fused-ring (bicyclic) bond motifs is 4. The van der Waals surface area contributed by atoms with Crippen LogP contribution in [0.25, 0.3) is 10.9 Å². The molecular formula is C27H31N3O4. The number of carbonyl (C=O) groups excluding carboxylic acids is 2. The van der Waals surface area contributed by atoms with Gasteiger partial charge in [0.1, 0.15) is 18.0 Å². The van der Waals surface area contributed by atoms with E-state index in [0.29, 0.717) is 24.4 Å². The molecule has 0 saturated heterocycles. The van der Waals surface area contributed by atoms with Crippen molar-refractivity contribution in [3.8, 4) is 5.75 Å². The summed E-state index contributed by atoms with van der Waals surface area (Å²) < 4.78 is 11.1. The first kappa shape index (κ1) is 23.5. The Kier molecular flexibility index (Phi) is 5.98. The molecule has 0 fully saturated rings. The summed E-state index contributed by atoms with van der Waals surface area (Å²) >= 11 is 0. The van der Waals surface area contributed by atoms with Crippen LogP contribution in [0.15, 0.2) is 41.4 Å². The topological polar surface area (TPSA) is 92.8 Å². The lowest BCUT2D eigenvalue weighted by Crippen LogP contribution is -2.34. The number of aromatic nitrogens is 1. The molecule has 0 bridgehead atoms. The van der Waals surface area contributed by atoms with Gasteiger partial charge in [0.2, 0.25) is 0 Å². The number of rotatable bonds is 6. The van der Waals surface area contributed by atoms with Gasteiger partial charge in [-0.15, -0.1) is 0 Å². The number of alkyl carbamates (subject to hydrolysis) is 1. The zero-order chi connectivity index (χ0) is 24.7. The molecule has 7 nitrogen and oxygen atoms in total. The number of ether oxygens (including phenoxy) is 2. The van der Waals surface area contributed by atoms with Crippen LogP contribution in [-0.4, -0.2) is 42.3 Å². The molecule has 7 heteroatoms. The van der Waals surface area contributed by atoms with E-state index < -0.39 is 17.1 Å². The number of H-pyrrole nitrogens is 1. The molecule has 1 aliphatic rings. The minimum absolute atomic E-state index is 0.00307. The van der Waals surface area contributed by atoms with Crippen molar-refractivity contribution in [2.24, 2.45) is 4.99 Å². The average molecular weight is 462 g/mol. The van der Waals surface area contributed by atoms with Gasteiger partial charge < -0.3 is 19.8 Å². The minimum atomic E-state index is -0.548. The molecule has 0 radical (unpaired) electrons. The third-order valence-electron chi connectivity index (χ3n) is 5.96. The number of aromatic amines is 1. The van der Waals surface area contributed by atoms with E-state index in [-0.39, 0.29) is 12.4 Å². The maximum absolute atomic E-state index is 13.5. The fourth-order valence-corrected chi connectivity index (χ4v) is 4.41. The molecule has 2 aromatic carbocycles. The lowest BCUT2D eigenvalue weighted by atomic mass is 9.71. The molecule has 1 amide bonds. The van der Waals surface area contributed by atoms with E-state index >= 15 is 0 Å². The van der Waals surface area contributed by atoms with Crippen molar-refractivity contribution >= 4 is 29.5 Å². The summed E-state index contributed by atoms with van der Waals surface area (Å²) in [6.07, 6.45) is -0.480. The van der Waals surface area contributed by atoms with Crippen molar-refractivity contribution in [2.75, 3.05) is 13.2 Å². The highest BCUT2D eigenvalue weighted by atomic mass is 16.6. The first-order valence-electron chi connectivity index (χ1n) is 11.4. The Morgan fingerprint density at radius 3 is 2.65 bits per heavy atom. The molecule has 3 aromatic rings. The van der Waals surface area contributed by atoms with E-state index in [2.05, 4.69) is 35.9 Å². The summed E-state index contributed by atoms with van der Waals surface area (Å²) in [5.41, 5.74) is 4.19. The molecule has 0 unspecified atom stereocenters. The molecule has 1 heterocycles. The Hall–Kier alpha value is -3.61. The molecule has 0 saturated carbocycles. The van der Waals surface area contributed by atoms with Crippen molar-refractivity contribution in [3.05, 3.63) is 64.3 Å². The lowest BCUT2D eigenvalue weighted by molar-refractivity contribution is 0.0520. The first-order valence-corrected chi connectivity index (χ1v) is 11.4. The molecule has 1 aromatic heterocycles.